The molecule has 0 aliphatic carbocycles. The van der Waals surface area contributed by atoms with Crippen molar-refractivity contribution in [1.82, 2.24) is 5.32 Å². The quantitative estimate of drug-likeness (QED) is 0.800. The molecule has 0 saturated carbocycles. The van der Waals surface area contributed by atoms with Crippen LogP contribution in [0.2, 0.25) is 0 Å². The van der Waals surface area contributed by atoms with Gasteiger partial charge in [0.2, 0.25) is 0 Å². The normalized spacial score (nSPS) is 23.4. The van der Waals surface area contributed by atoms with Gasteiger partial charge in [0.25, 0.3) is 0 Å². The number of amidine groups is 1. The van der Waals surface area contributed by atoms with Gasteiger partial charge in [0.1, 0.15) is 0 Å². The lowest BCUT2D eigenvalue weighted by Gasteiger charge is -2.27. The van der Waals surface area contributed by atoms with E-state index in [1.54, 1.807) is 0 Å². The molecule has 2 nitrogen and oxygen atoms in total. The Morgan fingerprint density at radius 1 is 1.47 bits per heavy atom. The summed E-state index contributed by atoms with van der Waals surface area (Å²) in [6.07, 6.45) is 4.60. The highest BCUT2D eigenvalue weighted by Gasteiger charge is 2.27. The van der Waals surface area contributed by atoms with Crippen LogP contribution in [0.25, 0.3) is 0 Å². The molecule has 1 unspecified atom stereocenters. The molecule has 0 radical (unpaired) electrons. The molecule has 4 heteroatoms. The SMILES string of the molecule is CCC(CC)(CN=C1NC(C(C)C)CS1)SC. The molecule has 100 valence electrons. The van der Waals surface area contributed by atoms with E-state index in [4.69, 9.17) is 4.99 Å². The smallest absolute Gasteiger partial charge is 0.156 e. The Labute approximate surface area is 115 Å². The second kappa shape index (κ2) is 6.93. The van der Waals surface area contributed by atoms with Gasteiger partial charge in [-0.15, -0.1) is 0 Å². The summed E-state index contributed by atoms with van der Waals surface area (Å²) < 4.78 is 0.338. The van der Waals surface area contributed by atoms with Gasteiger partial charge >= 0.3 is 0 Å². The average Bonchev–Trinajstić information content (AvgIpc) is 2.81. The fourth-order valence-electron chi connectivity index (χ4n) is 1.90. The van der Waals surface area contributed by atoms with Crippen molar-refractivity contribution in [2.45, 2.75) is 51.3 Å². The van der Waals surface area contributed by atoms with Gasteiger partial charge in [0, 0.05) is 16.5 Å². The van der Waals surface area contributed by atoms with E-state index < -0.39 is 0 Å². The van der Waals surface area contributed by atoms with Crippen LogP contribution >= 0.6 is 23.5 Å². The molecule has 0 aromatic carbocycles. The van der Waals surface area contributed by atoms with Crippen LogP contribution in [0.1, 0.15) is 40.5 Å². The summed E-state index contributed by atoms with van der Waals surface area (Å²) in [7, 11) is 0. The first-order valence-electron chi connectivity index (χ1n) is 6.55. The highest BCUT2D eigenvalue weighted by atomic mass is 32.2. The molecule has 0 amide bonds. The minimum Gasteiger partial charge on any atom is -0.361 e. The Morgan fingerprint density at radius 2 is 2.12 bits per heavy atom. The number of hydrogen-bond acceptors (Lipinski definition) is 3. The van der Waals surface area contributed by atoms with Crippen LogP contribution in [0.15, 0.2) is 4.99 Å². The van der Waals surface area contributed by atoms with Crippen LogP contribution in [0.4, 0.5) is 0 Å². The predicted molar refractivity (Wildman–Crippen MR) is 83.3 cm³/mol. The summed E-state index contributed by atoms with van der Waals surface area (Å²) in [6, 6.07) is 0.602. The van der Waals surface area contributed by atoms with Crippen LogP contribution < -0.4 is 5.32 Å². The van der Waals surface area contributed by atoms with E-state index in [-0.39, 0.29) is 0 Å². The van der Waals surface area contributed by atoms with Gasteiger partial charge in [0.05, 0.1) is 6.54 Å². The monoisotopic (exact) mass is 274 g/mol. The topological polar surface area (TPSA) is 24.4 Å². The highest BCUT2D eigenvalue weighted by Crippen LogP contribution is 2.31. The molecule has 0 aromatic heterocycles. The van der Waals surface area contributed by atoms with Crippen LogP contribution in [-0.4, -0.2) is 34.5 Å². The molecule has 0 bridgehead atoms. The number of aliphatic imine (C=N–C) groups is 1. The Balaban J connectivity index is 2.54. The molecule has 0 aromatic rings. The van der Waals surface area contributed by atoms with Gasteiger partial charge < -0.3 is 5.32 Å². The minimum absolute atomic E-state index is 0.338. The molecular formula is C13H26N2S2. The molecule has 1 rings (SSSR count). The van der Waals surface area contributed by atoms with Gasteiger partial charge in [-0.1, -0.05) is 39.5 Å². The third kappa shape index (κ3) is 4.09. The summed E-state index contributed by atoms with van der Waals surface area (Å²) in [4.78, 5) is 4.79. The summed E-state index contributed by atoms with van der Waals surface area (Å²) in [6.45, 7) is 10.0. The van der Waals surface area contributed by atoms with Crippen LogP contribution in [0, 0.1) is 5.92 Å². The van der Waals surface area contributed by atoms with Crippen molar-refractivity contribution in [2.24, 2.45) is 10.9 Å². The van der Waals surface area contributed by atoms with E-state index >= 15 is 0 Å². The van der Waals surface area contributed by atoms with Crippen LogP contribution in [0.3, 0.4) is 0 Å². The molecule has 1 N–H and O–H groups in total. The Morgan fingerprint density at radius 3 is 2.53 bits per heavy atom. The van der Waals surface area contributed by atoms with Gasteiger partial charge in [-0.05, 0) is 25.0 Å². The van der Waals surface area contributed by atoms with E-state index in [2.05, 4.69) is 39.3 Å². The van der Waals surface area contributed by atoms with Gasteiger partial charge in [-0.25, -0.2) is 0 Å². The summed E-state index contributed by atoms with van der Waals surface area (Å²) in [5.41, 5.74) is 0. The van der Waals surface area contributed by atoms with Gasteiger partial charge in [0.15, 0.2) is 5.17 Å². The molecule has 1 heterocycles. The average molecular weight is 274 g/mol. The van der Waals surface area contributed by atoms with Crippen molar-refractivity contribution < 1.29 is 0 Å². The first-order valence-corrected chi connectivity index (χ1v) is 8.77. The lowest BCUT2D eigenvalue weighted by molar-refractivity contribution is 0.501. The number of hydrogen-bond donors (Lipinski definition) is 1. The van der Waals surface area contributed by atoms with Crippen molar-refractivity contribution >= 4 is 28.7 Å². The maximum Gasteiger partial charge on any atom is 0.156 e. The van der Waals surface area contributed by atoms with Crippen molar-refractivity contribution in [3.8, 4) is 0 Å². The Bertz CT molecular complexity index is 252. The standard InChI is InChI=1S/C13H26N2S2/c1-6-13(7-2,16-5)9-14-12-15-11(8-17-12)10(3)4/h10-11H,6-9H2,1-5H3,(H,14,15). The first kappa shape index (κ1) is 15.2. The van der Waals surface area contributed by atoms with Crippen LogP contribution in [0.5, 0.6) is 0 Å². The van der Waals surface area contributed by atoms with Gasteiger partial charge in [-0.2, -0.15) is 11.8 Å². The summed E-state index contributed by atoms with van der Waals surface area (Å²) >= 11 is 3.84. The zero-order valence-electron chi connectivity index (χ0n) is 11.7. The van der Waals surface area contributed by atoms with Crippen molar-refractivity contribution in [3.63, 3.8) is 0 Å². The molecular weight excluding hydrogens is 248 g/mol. The van der Waals surface area contributed by atoms with Crippen molar-refractivity contribution in [3.05, 3.63) is 0 Å². The minimum atomic E-state index is 0.338. The van der Waals surface area contributed by atoms with E-state index in [1.165, 1.54) is 18.6 Å². The molecule has 1 atom stereocenters. The molecule has 1 fully saturated rings. The second-order valence-corrected chi connectivity index (χ2v) is 7.30. The van der Waals surface area contributed by atoms with E-state index in [0.717, 1.165) is 11.7 Å². The number of thioether (sulfide) groups is 2. The van der Waals surface area contributed by atoms with E-state index in [1.807, 2.05) is 23.5 Å². The molecule has 17 heavy (non-hydrogen) atoms. The van der Waals surface area contributed by atoms with Crippen molar-refractivity contribution in [2.75, 3.05) is 18.6 Å². The summed E-state index contributed by atoms with van der Waals surface area (Å²) in [5, 5.41) is 4.70. The maximum atomic E-state index is 4.79. The largest absolute Gasteiger partial charge is 0.361 e. The first-order chi connectivity index (χ1) is 8.06. The zero-order valence-corrected chi connectivity index (χ0v) is 13.4. The second-order valence-electron chi connectivity index (χ2n) is 5.02. The number of nitrogens with zero attached hydrogens (tertiary/aromatic N) is 1. The third-order valence-electron chi connectivity index (χ3n) is 3.75. The fourth-order valence-corrected chi connectivity index (χ4v) is 3.87. The summed E-state index contributed by atoms with van der Waals surface area (Å²) in [5.74, 6) is 1.86. The van der Waals surface area contributed by atoms with Gasteiger partial charge in [-0.3, -0.25) is 4.99 Å². The molecule has 1 aliphatic heterocycles. The Kier molecular flexibility index (Phi) is 6.21. The van der Waals surface area contributed by atoms with E-state index in [0.29, 0.717) is 16.7 Å². The lowest BCUT2D eigenvalue weighted by Crippen LogP contribution is -2.33. The zero-order chi connectivity index (χ0) is 12.9. The number of nitrogens with one attached hydrogen (secondary N) is 1. The maximum absolute atomic E-state index is 4.79. The lowest BCUT2D eigenvalue weighted by atomic mass is 10.0. The number of rotatable bonds is 6. The fraction of sp³-hybridized carbons (Fsp3) is 0.923. The Hall–Kier alpha value is 0.170. The molecule has 0 spiro atoms. The van der Waals surface area contributed by atoms with Crippen molar-refractivity contribution in [1.29, 1.82) is 0 Å². The highest BCUT2D eigenvalue weighted by molar-refractivity contribution is 8.14. The molecule has 1 aliphatic rings. The third-order valence-corrected chi connectivity index (χ3v) is 6.36. The van der Waals surface area contributed by atoms with Crippen LogP contribution in [-0.2, 0) is 0 Å². The van der Waals surface area contributed by atoms with E-state index in [9.17, 15) is 0 Å². The molecule has 1 saturated heterocycles. The predicted octanol–water partition coefficient (Wildman–Crippen LogP) is 3.63.